The molecule has 0 aliphatic rings. The molecule has 316 valence electrons. The molecule has 0 aromatic heterocycles. The van der Waals surface area contributed by atoms with Crippen molar-refractivity contribution in [3.63, 3.8) is 0 Å². The molecule has 0 aromatic rings. The zero-order valence-electron chi connectivity index (χ0n) is 35.7. The Morgan fingerprint density at radius 2 is 0.981 bits per heavy atom. The molecule has 0 aliphatic heterocycles. The second kappa shape index (κ2) is 38.1. The summed E-state index contributed by atoms with van der Waals surface area (Å²) >= 11 is 0. The molecule has 0 saturated carbocycles. The van der Waals surface area contributed by atoms with Gasteiger partial charge in [0.15, 0.2) is 0 Å². The van der Waals surface area contributed by atoms with E-state index in [0.717, 1.165) is 32.1 Å². The van der Waals surface area contributed by atoms with E-state index < -0.39 is 13.9 Å². The van der Waals surface area contributed by atoms with Crippen LogP contribution in [0.3, 0.4) is 0 Å². The Hall–Kier alpha value is -0.760. The zero-order chi connectivity index (χ0) is 39.1. The third kappa shape index (κ3) is 42.2. The van der Waals surface area contributed by atoms with Crippen LogP contribution < -0.4 is 4.89 Å². The Balaban J connectivity index is 4.18. The molecule has 53 heavy (non-hydrogen) atoms. The van der Waals surface area contributed by atoms with E-state index in [9.17, 15) is 14.3 Å². The van der Waals surface area contributed by atoms with Crippen LogP contribution in [0.25, 0.3) is 0 Å². The summed E-state index contributed by atoms with van der Waals surface area (Å²) in [4.78, 5) is 25.0. The number of hydrogen-bond donors (Lipinski definition) is 0. The Morgan fingerprint density at radius 1 is 0.566 bits per heavy atom. The number of phosphoric ester groups is 1. The highest BCUT2D eigenvalue weighted by atomic mass is 31.2. The SMILES string of the molecule is CCCCCCCC/C=C\CCCCCCCCCCOCC(COP(=O)([O-])OCC[N+](C)(C)C)OC(=O)CCCCCCCCCCCCCCC. The Labute approximate surface area is 329 Å². The van der Waals surface area contributed by atoms with Crippen LogP contribution in [0, 0.1) is 0 Å². The first kappa shape index (κ1) is 52.2. The van der Waals surface area contributed by atoms with Crippen LogP contribution in [0.1, 0.15) is 206 Å². The number of ether oxygens (including phenoxy) is 2. The van der Waals surface area contributed by atoms with Gasteiger partial charge in [0.1, 0.15) is 19.3 Å². The largest absolute Gasteiger partial charge is 0.756 e. The lowest BCUT2D eigenvalue weighted by Gasteiger charge is -2.28. The van der Waals surface area contributed by atoms with Gasteiger partial charge in [-0.2, -0.15) is 0 Å². The molecule has 0 saturated heterocycles. The summed E-state index contributed by atoms with van der Waals surface area (Å²) in [6.45, 7) is 5.43. The van der Waals surface area contributed by atoms with E-state index in [-0.39, 0.29) is 25.8 Å². The van der Waals surface area contributed by atoms with E-state index in [1.807, 2.05) is 21.1 Å². The highest BCUT2D eigenvalue weighted by Crippen LogP contribution is 2.38. The lowest BCUT2D eigenvalue weighted by Crippen LogP contribution is -2.37. The maximum absolute atomic E-state index is 12.7. The number of unbranched alkanes of at least 4 members (excludes halogenated alkanes) is 26. The second-order valence-electron chi connectivity index (χ2n) is 16.4. The number of nitrogens with zero attached hydrogens (tertiary/aromatic N) is 1. The molecule has 0 rings (SSSR count). The number of rotatable bonds is 42. The van der Waals surface area contributed by atoms with E-state index in [2.05, 4.69) is 26.0 Å². The molecule has 2 atom stereocenters. The molecular formula is C44H88NO7P. The molecule has 0 N–H and O–H groups in total. The van der Waals surface area contributed by atoms with Gasteiger partial charge in [-0.3, -0.25) is 9.36 Å². The minimum absolute atomic E-state index is 0.0288. The first-order valence-corrected chi connectivity index (χ1v) is 23.9. The molecule has 2 unspecified atom stereocenters. The van der Waals surface area contributed by atoms with Crippen molar-refractivity contribution in [2.75, 3.05) is 54.1 Å². The van der Waals surface area contributed by atoms with E-state index >= 15 is 0 Å². The molecule has 0 amide bonds. The van der Waals surface area contributed by atoms with Gasteiger partial charge in [0, 0.05) is 13.0 Å². The molecule has 0 fully saturated rings. The van der Waals surface area contributed by atoms with Crippen molar-refractivity contribution in [3.8, 4) is 0 Å². The van der Waals surface area contributed by atoms with Crippen molar-refractivity contribution in [2.24, 2.45) is 0 Å². The number of carbonyl (C=O) groups excluding carboxylic acids is 1. The normalized spacial score (nSPS) is 13.8. The van der Waals surface area contributed by atoms with Gasteiger partial charge in [0.25, 0.3) is 7.82 Å². The molecule has 9 heteroatoms. The van der Waals surface area contributed by atoms with Gasteiger partial charge < -0.3 is 27.9 Å². The molecule has 0 aliphatic carbocycles. The number of allylic oxidation sites excluding steroid dienone is 2. The maximum atomic E-state index is 12.7. The van der Waals surface area contributed by atoms with E-state index in [1.165, 1.54) is 154 Å². The number of phosphoric acid groups is 1. The lowest BCUT2D eigenvalue weighted by atomic mass is 10.0. The first-order chi connectivity index (χ1) is 25.6. The molecule has 0 aromatic carbocycles. The van der Waals surface area contributed by atoms with Crippen molar-refractivity contribution in [1.29, 1.82) is 0 Å². The van der Waals surface area contributed by atoms with Crippen LogP contribution in [0.15, 0.2) is 12.2 Å². The Kier molecular flexibility index (Phi) is 37.6. The van der Waals surface area contributed by atoms with Gasteiger partial charge >= 0.3 is 5.97 Å². The van der Waals surface area contributed by atoms with E-state index in [1.54, 1.807) is 0 Å². The first-order valence-electron chi connectivity index (χ1n) is 22.4. The van der Waals surface area contributed by atoms with Gasteiger partial charge in [-0.25, -0.2) is 0 Å². The van der Waals surface area contributed by atoms with Gasteiger partial charge in [-0.1, -0.05) is 174 Å². The molecule has 0 bridgehead atoms. The summed E-state index contributed by atoms with van der Waals surface area (Å²) in [5.74, 6) is -0.332. The van der Waals surface area contributed by atoms with Gasteiger partial charge in [-0.05, 0) is 38.5 Å². The fourth-order valence-electron chi connectivity index (χ4n) is 6.31. The highest BCUT2D eigenvalue weighted by molar-refractivity contribution is 7.45. The summed E-state index contributed by atoms with van der Waals surface area (Å²) < 4.78 is 34.6. The molecule has 0 heterocycles. The third-order valence-electron chi connectivity index (χ3n) is 9.82. The van der Waals surface area contributed by atoms with Crippen LogP contribution >= 0.6 is 7.82 Å². The number of hydrogen-bond acceptors (Lipinski definition) is 7. The number of quaternary nitrogens is 1. The summed E-state index contributed by atoms with van der Waals surface area (Å²) in [5.41, 5.74) is 0. The summed E-state index contributed by atoms with van der Waals surface area (Å²) in [7, 11) is 1.37. The third-order valence-corrected chi connectivity index (χ3v) is 10.8. The fourth-order valence-corrected chi connectivity index (χ4v) is 7.03. The van der Waals surface area contributed by atoms with Crippen LogP contribution in [0.5, 0.6) is 0 Å². The summed E-state index contributed by atoms with van der Waals surface area (Å²) in [6.07, 6.45) is 40.7. The van der Waals surface area contributed by atoms with Crippen molar-refractivity contribution in [2.45, 2.75) is 213 Å². The standard InChI is InChI=1S/C44H88NO7P/c1-6-8-10-12-14-16-18-20-21-22-23-24-26-28-30-32-34-36-39-49-41-43(42-51-53(47,48)50-40-38-45(3,4)5)52-44(46)37-35-33-31-29-27-25-19-17-15-13-11-9-7-2/h20-21,43H,6-19,22-42H2,1-5H3/b21-20-. The molecule has 8 nitrogen and oxygen atoms in total. The van der Waals surface area contributed by atoms with Gasteiger partial charge in [-0.15, -0.1) is 0 Å². The number of carbonyl (C=O) groups is 1. The van der Waals surface area contributed by atoms with Gasteiger partial charge in [0.05, 0.1) is 34.4 Å². The maximum Gasteiger partial charge on any atom is 0.306 e. The Bertz CT molecular complexity index is 863. The van der Waals surface area contributed by atoms with Crippen LogP contribution in [0.4, 0.5) is 0 Å². The van der Waals surface area contributed by atoms with Gasteiger partial charge in [0.2, 0.25) is 0 Å². The van der Waals surface area contributed by atoms with Crippen LogP contribution in [0.2, 0.25) is 0 Å². The van der Waals surface area contributed by atoms with Crippen LogP contribution in [-0.2, 0) is 27.9 Å². The predicted octanol–water partition coefficient (Wildman–Crippen LogP) is 12.4. The molecule has 0 spiro atoms. The minimum atomic E-state index is -4.52. The van der Waals surface area contributed by atoms with Crippen molar-refractivity contribution >= 4 is 13.8 Å². The summed E-state index contributed by atoms with van der Waals surface area (Å²) in [6, 6.07) is 0. The average molecular weight is 774 g/mol. The second-order valence-corrected chi connectivity index (χ2v) is 17.8. The van der Waals surface area contributed by atoms with Crippen molar-refractivity contribution in [1.82, 2.24) is 0 Å². The zero-order valence-corrected chi connectivity index (χ0v) is 36.6. The lowest BCUT2D eigenvalue weighted by molar-refractivity contribution is -0.870. The highest BCUT2D eigenvalue weighted by Gasteiger charge is 2.20. The Morgan fingerprint density at radius 3 is 1.43 bits per heavy atom. The van der Waals surface area contributed by atoms with Crippen LogP contribution in [-0.4, -0.2) is 70.7 Å². The average Bonchev–Trinajstić information content (AvgIpc) is 3.11. The summed E-state index contributed by atoms with van der Waals surface area (Å²) in [5, 5.41) is 0. The molecule has 0 radical (unpaired) electrons. The smallest absolute Gasteiger partial charge is 0.306 e. The minimum Gasteiger partial charge on any atom is -0.756 e. The van der Waals surface area contributed by atoms with Crippen molar-refractivity contribution < 1.29 is 37.3 Å². The predicted molar refractivity (Wildman–Crippen MR) is 222 cm³/mol. The quantitative estimate of drug-likeness (QED) is 0.0200. The monoisotopic (exact) mass is 774 g/mol. The number of likely N-dealkylation sites (N-methyl/N-ethyl adjacent to an activating group) is 1. The van der Waals surface area contributed by atoms with E-state index in [0.29, 0.717) is 24.1 Å². The van der Waals surface area contributed by atoms with Crippen molar-refractivity contribution in [3.05, 3.63) is 12.2 Å². The number of esters is 1. The fraction of sp³-hybridized carbons (Fsp3) is 0.932. The molecular weight excluding hydrogens is 685 g/mol. The topological polar surface area (TPSA) is 94.1 Å². The van der Waals surface area contributed by atoms with E-state index in [4.69, 9.17) is 18.5 Å².